The Morgan fingerprint density at radius 3 is 2.75 bits per heavy atom. The molecule has 24 heavy (non-hydrogen) atoms. The van der Waals surface area contributed by atoms with Crippen LogP contribution in [0.3, 0.4) is 0 Å². The average molecular weight is 366 g/mol. The zero-order chi connectivity index (χ0) is 16.6. The summed E-state index contributed by atoms with van der Waals surface area (Å²) in [5, 5.41) is 7.64. The number of rotatable bonds is 2. The van der Waals surface area contributed by atoms with E-state index < -0.39 is 41.5 Å². The number of hydrogen-bond donors (Lipinski definition) is 1. The van der Waals surface area contributed by atoms with E-state index in [1.807, 2.05) is 0 Å². The first-order chi connectivity index (χ1) is 11.0. The van der Waals surface area contributed by atoms with Crippen molar-refractivity contribution in [2.45, 2.75) is 25.1 Å². The van der Waals surface area contributed by atoms with Crippen molar-refractivity contribution >= 4 is 24.5 Å². The van der Waals surface area contributed by atoms with E-state index in [2.05, 4.69) is 10.4 Å². The lowest BCUT2D eigenvalue weighted by Gasteiger charge is -2.31. The van der Waals surface area contributed by atoms with Crippen molar-refractivity contribution in [3.63, 3.8) is 0 Å². The Morgan fingerprint density at radius 1 is 1.29 bits per heavy atom. The SMILES string of the molecule is Cl.O=C(C1CCNCC1F)N1N=CCC1c1cc(F)cc(F)c1F. The van der Waals surface area contributed by atoms with Crippen LogP contribution in [0.5, 0.6) is 0 Å². The number of carbonyl (C=O) groups is 1. The molecule has 0 bridgehead atoms. The van der Waals surface area contributed by atoms with E-state index in [0.29, 0.717) is 19.0 Å². The quantitative estimate of drug-likeness (QED) is 0.647. The number of nitrogens with one attached hydrogen (secondary N) is 1. The van der Waals surface area contributed by atoms with Gasteiger partial charge in [-0.3, -0.25) is 4.79 Å². The molecule has 1 amide bonds. The molecule has 1 N–H and O–H groups in total. The summed E-state index contributed by atoms with van der Waals surface area (Å²) in [5.41, 5.74) is -0.294. The third-order valence-electron chi connectivity index (χ3n) is 4.16. The second-order valence-corrected chi connectivity index (χ2v) is 5.64. The minimum atomic E-state index is -1.37. The van der Waals surface area contributed by atoms with Crippen LogP contribution in [0.25, 0.3) is 0 Å². The number of hydrogen-bond acceptors (Lipinski definition) is 3. The number of amides is 1. The van der Waals surface area contributed by atoms with Gasteiger partial charge in [-0.15, -0.1) is 12.4 Å². The van der Waals surface area contributed by atoms with Gasteiger partial charge in [-0.05, 0) is 19.0 Å². The van der Waals surface area contributed by atoms with Crippen molar-refractivity contribution in [1.82, 2.24) is 10.3 Å². The van der Waals surface area contributed by atoms with E-state index >= 15 is 0 Å². The van der Waals surface area contributed by atoms with Gasteiger partial charge in [0.15, 0.2) is 11.6 Å². The van der Waals surface area contributed by atoms with Crippen LogP contribution in [-0.2, 0) is 4.79 Å². The maximum Gasteiger partial charge on any atom is 0.249 e. The molecule has 1 aromatic rings. The van der Waals surface area contributed by atoms with Gasteiger partial charge >= 0.3 is 0 Å². The molecule has 2 aliphatic heterocycles. The zero-order valence-electron chi connectivity index (χ0n) is 12.5. The van der Waals surface area contributed by atoms with Crippen LogP contribution in [0, 0.1) is 23.4 Å². The van der Waals surface area contributed by atoms with Crippen molar-refractivity contribution < 1.29 is 22.4 Å². The Balaban J connectivity index is 0.00000208. The molecule has 2 aliphatic rings. The first-order valence-electron chi connectivity index (χ1n) is 7.33. The van der Waals surface area contributed by atoms with Gasteiger partial charge < -0.3 is 5.32 Å². The third-order valence-corrected chi connectivity index (χ3v) is 4.16. The monoisotopic (exact) mass is 365 g/mol. The van der Waals surface area contributed by atoms with Crippen LogP contribution in [0.15, 0.2) is 17.2 Å². The molecule has 0 saturated carbocycles. The predicted molar refractivity (Wildman–Crippen MR) is 82.1 cm³/mol. The normalized spacial score (nSPS) is 26.3. The Hall–Kier alpha value is -1.67. The Labute approximate surface area is 142 Å². The molecule has 3 unspecified atom stereocenters. The largest absolute Gasteiger partial charge is 0.314 e. The minimum absolute atomic E-state index is 0. The van der Waals surface area contributed by atoms with E-state index in [-0.39, 0.29) is 30.9 Å². The van der Waals surface area contributed by atoms with Crippen molar-refractivity contribution in [2.75, 3.05) is 13.1 Å². The summed E-state index contributed by atoms with van der Waals surface area (Å²) in [6.07, 6.45) is 0.396. The fourth-order valence-corrected chi connectivity index (χ4v) is 2.97. The molecule has 2 heterocycles. The van der Waals surface area contributed by atoms with Gasteiger partial charge in [0.2, 0.25) is 5.91 Å². The molecule has 132 valence electrons. The summed E-state index contributed by atoms with van der Waals surface area (Å²) >= 11 is 0. The van der Waals surface area contributed by atoms with Crippen LogP contribution in [0.2, 0.25) is 0 Å². The zero-order valence-corrected chi connectivity index (χ0v) is 13.3. The lowest BCUT2D eigenvalue weighted by Crippen LogP contribution is -2.46. The molecule has 0 radical (unpaired) electrons. The molecule has 1 aromatic carbocycles. The number of hydrazone groups is 1. The highest BCUT2D eigenvalue weighted by atomic mass is 35.5. The molecule has 1 saturated heterocycles. The number of benzene rings is 1. The highest BCUT2D eigenvalue weighted by Gasteiger charge is 2.39. The van der Waals surface area contributed by atoms with E-state index in [0.717, 1.165) is 11.1 Å². The fourth-order valence-electron chi connectivity index (χ4n) is 2.97. The van der Waals surface area contributed by atoms with Gasteiger partial charge in [0.25, 0.3) is 0 Å². The first-order valence-corrected chi connectivity index (χ1v) is 7.33. The summed E-state index contributed by atoms with van der Waals surface area (Å²) in [7, 11) is 0. The minimum Gasteiger partial charge on any atom is -0.314 e. The van der Waals surface area contributed by atoms with Crippen molar-refractivity contribution in [3.8, 4) is 0 Å². The molecule has 0 aliphatic carbocycles. The maximum absolute atomic E-state index is 14.0. The molecule has 3 atom stereocenters. The van der Waals surface area contributed by atoms with Crippen LogP contribution in [-0.4, -0.2) is 36.4 Å². The van der Waals surface area contributed by atoms with E-state index in [4.69, 9.17) is 0 Å². The summed E-state index contributed by atoms with van der Waals surface area (Å²) in [5.74, 6) is -4.98. The maximum atomic E-state index is 14.0. The molecular weight excluding hydrogens is 350 g/mol. The summed E-state index contributed by atoms with van der Waals surface area (Å²) in [4.78, 5) is 12.5. The Bertz CT molecular complexity index is 658. The van der Waals surface area contributed by atoms with E-state index in [1.165, 1.54) is 6.21 Å². The number of nitrogens with zero attached hydrogens (tertiary/aromatic N) is 2. The number of alkyl halides is 1. The van der Waals surface area contributed by atoms with Crippen molar-refractivity contribution in [1.29, 1.82) is 0 Å². The van der Waals surface area contributed by atoms with E-state index in [1.54, 1.807) is 0 Å². The number of piperidine rings is 1. The van der Waals surface area contributed by atoms with Crippen LogP contribution < -0.4 is 5.32 Å². The molecule has 1 fully saturated rings. The molecular formula is C15H16ClF4N3O. The lowest BCUT2D eigenvalue weighted by atomic mass is 9.93. The first kappa shape index (κ1) is 18.7. The van der Waals surface area contributed by atoms with Gasteiger partial charge in [0.05, 0.1) is 12.0 Å². The topological polar surface area (TPSA) is 44.7 Å². The summed E-state index contributed by atoms with van der Waals surface area (Å²) in [6, 6.07) is 0.313. The molecule has 9 heteroatoms. The molecule has 0 aromatic heterocycles. The van der Waals surface area contributed by atoms with Crippen LogP contribution >= 0.6 is 12.4 Å². The standard InChI is InChI=1S/C15H15F4N3O.ClH/c16-8-5-10(14(19)11(17)6-8)13-2-4-21-22(13)15(23)9-1-3-20-7-12(9)18;/h4-6,9,12-13,20H,1-3,7H2;1H. The Kier molecular flexibility index (Phi) is 5.82. The molecule has 4 nitrogen and oxygen atoms in total. The second kappa shape index (κ2) is 7.48. The van der Waals surface area contributed by atoms with Gasteiger partial charge in [0.1, 0.15) is 12.0 Å². The molecule has 0 spiro atoms. The average Bonchev–Trinajstić information content (AvgIpc) is 3.00. The number of halogens is 5. The van der Waals surface area contributed by atoms with Crippen molar-refractivity contribution in [2.24, 2.45) is 11.0 Å². The summed E-state index contributed by atoms with van der Waals surface area (Å²) in [6.45, 7) is 0.545. The van der Waals surface area contributed by atoms with Crippen LogP contribution in [0.1, 0.15) is 24.4 Å². The second-order valence-electron chi connectivity index (χ2n) is 5.64. The number of carbonyl (C=O) groups excluding carboxylic acids is 1. The fraction of sp³-hybridized carbons (Fsp3) is 0.467. The summed E-state index contributed by atoms with van der Waals surface area (Å²) < 4.78 is 54.7. The lowest BCUT2D eigenvalue weighted by molar-refractivity contribution is -0.140. The predicted octanol–water partition coefficient (Wildman–Crippen LogP) is 2.73. The van der Waals surface area contributed by atoms with Gasteiger partial charge in [-0.25, -0.2) is 22.6 Å². The highest BCUT2D eigenvalue weighted by Crippen LogP contribution is 2.34. The van der Waals surface area contributed by atoms with E-state index in [9.17, 15) is 22.4 Å². The van der Waals surface area contributed by atoms with Gasteiger partial charge in [0, 0.05) is 30.8 Å². The Morgan fingerprint density at radius 2 is 2.04 bits per heavy atom. The van der Waals surface area contributed by atoms with Gasteiger partial charge in [-0.2, -0.15) is 5.10 Å². The van der Waals surface area contributed by atoms with Crippen molar-refractivity contribution in [3.05, 3.63) is 35.1 Å². The van der Waals surface area contributed by atoms with Crippen LogP contribution in [0.4, 0.5) is 17.6 Å². The smallest absolute Gasteiger partial charge is 0.249 e. The third kappa shape index (κ3) is 3.39. The highest BCUT2D eigenvalue weighted by molar-refractivity contribution is 5.85. The molecule has 3 rings (SSSR count). The van der Waals surface area contributed by atoms with Gasteiger partial charge in [-0.1, -0.05) is 0 Å².